The molecule has 1 aliphatic rings. The van der Waals surface area contributed by atoms with E-state index >= 15 is 0 Å². The summed E-state index contributed by atoms with van der Waals surface area (Å²) in [6.07, 6.45) is 2.32. The van der Waals surface area contributed by atoms with Crippen LogP contribution in [0.4, 0.5) is 0 Å². The SMILES string of the molecule is CSCCC(NS(=O)(=O)NCc1cccc(Oc2ccccc2)c1)C(=O)NCCN1CCOCC1.Cl. The Morgan fingerprint density at radius 3 is 2.56 bits per heavy atom. The summed E-state index contributed by atoms with van der Waals surface area (Å²) >= 11 is 1.56. The number of thioether (sulfide) groups is 1. The van der Waals surface area contributed by atoms with E-state index < -0.39 is 16.3 Å². The summed E-state index contributed by atoms with van der Waals surface area (Å²) in [5, 5.41) is 2.86. The van der Waals surface area contributed by atoms with E-state index in [1.165, 1.54) is 0 Å². The number of carbonyl (C=O) groups excluding carboxylic acids is 1. The molecule has 1 fully saturated rings. The standard InChI is InChI=1S/C24H34N4O5S2.ClH/c1-34-17-10-23(24(29)25-11-12-28-13-15-32-16-14-28)27-35(30,31)26-19-20-6-5-9-22(18-20)33-21-7-3-2-4-8-21;/h2-9,18,23,26-27H,10-17,19H2,1H3,(H,25,29);1H. The lowest BCUT2D eigenvalue weighted by molar-refractivity contribution is -0.122. The second-order valence-electron chi connectivity index (χ2n) is 8.08. The number of amides is 1. The van der Waals surface area contributed by atoms with Crippen LogP contribution in [-0.2, 0) is 26.3 Å². The maximum atomic E-state index is 12.7. The average molecular weight is 559 g/mol. The minimum atomic E-state index is -3.91. The fraction of sp³-hybridized carbons (Fsp3) is 0.458. The van der Waals surface area contributed by atoms with Gasteiger partial charge in [0.1, 0.15) is 17.5 Å². The predicted molar refractivity (Wildman–Crippen MR) is 146 cm³/mol. The zero-order valence-corrected chi connectivity index (χ0v) is 22.8. The first-order valence-corrected chi connectivity index (χ1v) is 14.5. The average Bonchev–Trinajstić information content (AvgIpc) is 2.87. The second kappa shape index (κ2) is 16.1. The van der Waals surface area contributed by atoms with Crippen molar-refractivity contribution in [1.82, 2.24) is 19.7 Å². The van der Waals surface area contributed by atoms with Crippen molar-refractivity contribution < 1.29 is 22.7 Å². The molecule has 2 aromatic carbocycles. The Morgan fingerprint density at radius 1 is 1.11 bits per heavy atom. The fourth-order valence-electron chi connectivity index (χ4n) is 3.52. The Kier molecular flexibility index (Phi) is 13.6. The van der Waals surface area contributed by atoms with Crippen molar-refractivity contribution in [2.24, 2.45) is 0 Å². The molecule has 1 aliphatic heterocycles. The van der Waals surface area contributed by atoms with Crippen LogP contribution in [0.5, 0.6) is 11.5 Å². The monoisotopic (exact) mass is 558 g/mol. The number of nitrogens with zero attached hydrogens (tertiary/aromatic N) is 1. The molecule has 12 heteroatoms. The third-order valence-corrected chi connectivity index (χ3v) is 7.16. The number of carbonyl (C=O) groups is 1. The van der Waals surface area contributed by atoms with E-state index in [1.54, 1.807) is 23.9 Å². The van der Waals surface area contributed by atoms with Crippen molar-refractivity contribution in [3.05, 3.63) is 60.2 Å². The highest BCUT2D eigenvalue weighted by molar-refractivity contribution is 7.98. The minimum Gasteiger partial charge on any atom is -0.457 e. The van der Waals surface area contributed by atoms with Gasteiger partial charge in [0.25, 0.3) is 10.2 Å². The number of hydrogen-bond acceptors (Lipinski definition) is 7. The van der Waals surface area contributed by atoms with Gasteiger partial charge in [0.2, 0.25) is 5.91 Å². The van der Waals surface area contributed by atoms with Gasteiger partial charge in [0, 0.05) is 32.7 Å². The lowest BCUT2D eigenvalue weighted by atomic mass is 10.2. The summed E-state index contributed by atoms with van der Waals surface area (Å²) in [6, 6.07) is 15.7. The summed E-state index contributed by atoms with van der Waals surface area (Å²) in [6.45, 7) is 4.28. The molecule has 1 saturated heterocycles. The van der Waals surface area contributed by atoms with Gasteiger partial charge in [-0.25, -0.2) is 0 Å². The number of hydrogen-bond donors (Lipinski definition) is 3. The molecule has 0 spiro atoms. The molecule has 1 heterocycles. The largest absolute Gasteiger partial charge is 0.457 e. The quantitative estimate of drug-likeness (QED) is 0.327. The normalized spacial score (nSPS) is 15.0. The lowest BCUT2D eigenvalue weighted by Gasteiger charge is -2.27. The van der Waals surface area contributed by atoms with E-state index in [9.17, 15) is 13.2 Å². The molecule has 2 aromatic rings. The number of ether oxygens (including phenoxy) is 2. The van der Waals surface area contributed by atoms with Gasteiger partial charge >= 0.3 is 0 Å². The van der Waals surface area contributed by atoms with E-state index in [0.717, 1.165) is 18.7 Å². The minimum absolute atomic E-state index is 0. The van der Waals surface area contributed by atoms with Crippen molar-refractivity contribution >= 4 is 40.3 Å². The zero-order valence-electron chi connectivity index (χ0n) is 20.4. The molecular weight excluding hydrogens is 524 g/mol. The third-order valence-electron chi connectivity index (χ3n) is 5.40. The van der Waals surface area contributed by atoms with Crippen LogP contribution in [0.1, 0.15) is 12.0 Å². The van der Waals surface area contributed by atoms with Crippen LogP contribution < -0.4 is 19.5 Å². The molecule has 3 N–H and O–H groups in total. The van der Waals surface area contributed by atoms with Crippen molar-refractivity contribution in [2.75, 3.05) is 51.4 Å². The highest BCUT2D eigenvalue weighted by atomic mass is 35.5. The number of morpholine rings is 1. The zero-order chi connectivity index (χ0) is 24.9. The summed E-state index contributed by atoms with van der Waals surface area (Å²) in [5.74, 6) is 1.64. The van der Waals surface area contributed by atoms with Crippen LogP contribution in [0, 0.1) is 0 Å². The highest BCUT2D eigenvalue weighted by Crippen LogP contribution is 2.21. The van der Waals surface area contributed by atoms with Gasteiger partial charge in [-0.05, 0) is 48.3 Å². The van der Waals surface area contributed by atoms with E-state index in [4.69, 9.17) is 9.47 Å². The fourth-order valence-corrected chi connectivity index (χ4v) is 5.03. The summed E-state index contributed by atoms with van der Waals surface area (Å²) in [4.78, 5) is 14.9. The van der Waals surface area contributed by atoms with Crippen LogP contribution in [-0.4, -0.2) is 76.7 Å². The molecule has 1 amide bonds. The Hall–Kier alpha value is -1.86. The summed E-state index contributed by atoms with van der Waals surface area (Å²) in [7, 11) is -3.91. The molecule has 200 valence electrons. The van der Waals surface area contributed by atoms with Gasteiger partial charge in [-0.15, -0.1) is 12.4 Å². The maximum absolute atomic E-state index is 12.7. The van der Waals surface area contributed by atoms with Gasteiger partial charge in [-0.2, -0.15) is 29.6 Å². The van der Waals surface area contributed by atoms with E-state index in [0.29, 0.717) is 50.0 Å². The number of rotatable bonds is 14. The van der Waals surface area contributed by atoms with E-state index in [-0.39, 0.29) is 24.9 Å². The molecule has 0 saturated carbocycles. The highest BCUT2D eigenvalue weighted by Gasteiger charge is 2.24. The summed E-state index contributed by atoms with van der Waals surface area (Å²) in [5.41, 5.74) is 0.736. The molecule has 1 atom stereocenters. The van der Waals surface area contributed by atoms with E-state index in [2.05, 4.69) is 19.7 Å². The Bertz CT molecular complexity index is 1020. The van der Waals surface area contributed by atoms with Crippen molar-refractivity contribution in [3.8, 4) is 11.5 Å². The molecule has 1 unspecified atom stereocenters. The lowest BCUT2D eigenvalue weighted by Crippen LogP contribution is -2.51. The molecule has 0 bridgehead atoms. The van der Waals surface area contributed by atoms with Gasteiger partial charge in [-0.1, -0.05) is 30.3 Å². The van der Waals surface area contributed by atoms with Crippen LogP contribution in [0.25, 0.3) is 0 Å². The Labute approximate surface area is 224 Å². The third kappa shape index (κ3) is 11.0. The maximum Gasteiger partial charge on any atom is 0.277 e. The molecule has 0 aliphatic carbocycles. The molecule has 36 heavy (non-hydrogen) atoms. The number of para-hydroxylation sites is 1. The predicted octanol–water partition coefficient (Wildman–Crippen LogP) is 2.39. The van der Waals surface area contributed by atoms with Crippen molar-refractivity contribution in [3.63, 3.8) is 0 Å². The topological polar surface area (TPSA) is 109 Å². The van der Waals surface area contributed by atoms with Crippen molar-refractivity contribution in [2.45, 2.75) is 19.0 Å². The van der Waals surface area contributed by atoms with Gasteiger partial charge in [-0.3, -0.25) is 9.69 Å². The summed E-state index contributed by atoms with van der Waals surface area (Å²) < 4.78 is 41.6. The van der Waals surface area contributed by atoms with Crippen LogP contribution >= 0.6 is 24.2 Å². The van der Waals surface area contributed by atoms with Crippen molar-refractivity contribution in [1.29, 1.82) is 0 Å². The Morgan fingerprint density at radius 2 is 1.83 bits per heavy atom. The van der Waals surface area contributed by atoms with E-state index in [1.807, 2.05) is 48.7 Å². The van der Waals surface area contributed by atoms with Gasteiger partial charge in [0.05, 0.1) is 13.2 Å². The number of benzene rings is 2. The first-order valence-electron chi connectivity index (χ1n) is 11.6. The molecule has 3 rings (SSSR count). The first kappa shape index (κ1) is 30.4. The first-order chi connectivity index (χ1) is 16.9. The van der Waals surface area contributed by atoms with Crippen LogP contribution in [0.3, 0.4) is 0 Å². The molecular formula is C24H35ClN4O5S2. The van der Waals surface area contributed by atoms with Crippen LogP contribution in [0.15, 0.2) is 54.6 Å². The van der Waals surface area contributed by atoms with Crippen LogP contribution in [0.2, 0.25) is 0 Å². The molecule has 9 nitrogen and oxygen atoms in total. The molecule has 0 aromatic heterocycles. The second-order valence-corrected chi connectivity index (χ2v) is 10.6. The number of halogens is 1. The Balaban J connectivity index is 0.00000456. The smallest absolute Gasteiger partial charge is 0.277 e. The van der Waals surface area contributed by atoms with Gasteiger partial charge in [0.15, 0.2) is 0 Å². The van der Waals surface area contributed by atoms with Gasteiger partial charge < -0.3 is 14.8 Å². The molecule has 0 radical (unpaired) electrons. The number of nitrogens with one attached hydrogen (secondary N) is 3.